The number of carbonyl (C=O) groups is 2. The van der Waals surface area contributed by atoms with Crippen molar-refractivity contribution >= 4 is 23.5 Å². The highest BCUT2D eigenvalue weighted by Gasteiger charge is 2.09. The van der Waals surface area contributed by atoms with Crippen molar-refractivity contribution < 1.29 is 9.59 Å². The van der Waals surface area contributed by atoms with Gasteiger partial charge >= 0.3 is 0 Å². The van der Waals surface area contributed by atoms with Gasteiger partial charge in [0.25, 0.3) is 0 Å². The Hall–Kier alpha value is -2.17. The maximum Gasteiger partial charge on any atom is 0.222 e. The topological polar surface area (TPSA) is 63.5 Å². The van der Waals surface area contributed by atoms with Crippen LogP contribution in [-0.2, 0) is 11.2 Å². The molecule has 0 aliphatic rings. The Bertz CT molecular complexity index is 587. The van der Waals surface area contributed by atoms with E-state index < -0.39 is 0 Å². The van der Waals surface area contributed by atoms with Gasteiger partial charge in [-0.15, -0.1) is 0 Å². The summed E-state index contributed by atoms with van der Waals surface area (Å²) in [4.78, 5) is 22.0. The van der Waals surface area contributed by atoms with Gasteiger partial charge in [0.2, 0.25) is 5.91 Å². The minimum absolute atomic E-state index is 0.168. The molecule has 0 spiro atoms. The van der Waals surface area contributed by atoms with E-state index in [2.05, 4.69) is 10.4 Å². The number of aryl methyl sites for hydroxylation is 1. The normalized spacial score (nSPS) is 10.5. The summed E-state index contributed by atoms with van der Waals surface area (Å²) in [5.74, 6) is 0.400. The number of pyridine rings is 1. The van der Waals surface area contributed by atoms with E-state index >= 15 is 0 Å². The summed E-state index contributed by atoms with van der Waals surface area (Å²) in [6.45, 7) is 3.42. The molecule has 0 radical (unpaired) electrons. The molecule has 0 unspecified atom stereocenters. The lowest BCUT2D eigenvalue weighted by atomic mass is 10.2. The zero-order valence-electron chi connectivity index (χ0n) is 9.73. The number of aldehydes is 1. The predicted molar refractivity (Wildman–Crippen MR) is 64.3 cm³/mol. The zero-order valence-corrected chi connectivity index (χ0v) is 9.73. The molecule has 0 fully saturated rings. The highest BCUT2D eigenvalue weighted by atomic mass is 16.1. The number of rotatable bonds is 3. The minimum Gasteiger partial charge on any atom is -0.311 e. The summed E-state index contributed by atoms with van der Waals surface area (Å²) in [7, 11) is 0. The van der Waals surface area contributed by atoms with Crippen molar-refractivity contribution in [1.82, 2.24) is 9.61 Å². The fourth-order valence-electron chi connectivity index (χ4n) is 1.69. The largest absolute Gasteiger partial charge is 0.311 e. The molecule has 1 amide bonds. The molecule has 5 nitrogen and oxygen atoms in total. The molecule has 5 heteroatoms. The highest BCUT2D eigenvalue weighted by Crippen LogP contribution is 2.17. The number of aromatic nitrogens is 2. The summed E-state index contributed by atoms with van der Waals surface area (Å²) in [6.07, 6.45) is 1.56. The van der Waals surface area contributed by atoms with E-state index in [0.29, 0.717) is 16.9 Å². The van der Waals surface area contributed by atoms with E-state index in [4.69, 9.17) is 0 Å². The van der Waals surface area contributed by atoms with Crippen LogP contribution in [0.5, 0.6) is 0 Å². The second-order valence-electron chi connectivity index (χ2n) is 3.76. The summed E-state index contributed by atoms with van der Waals surface area (Å²) < 4.78 is 1.59. The quantitative estimate of drug-likeness (QED) is 0.817. The lowest BCUT2D eigenvalue weighted by Crippen LogP contribution is -2.10. The standard InChI is InChI=1S/C12H13N3O2/c1-3-10-6-11-9(7-16)4-5-12(13-8(2)17)15(11)14-10/h4-7H,3H2,1-2H3,(H,13,17). The van der Waals surface area contributed by atoms with E-state index in [1.54, 1.807) is 16.6 Å². The van der Waals surface area contributed by atoms with Crippen molar-refractivity contribution in [2.75, 3.05) is 5.32 Å². The molecule has 0 aliphatic carbocycles. The molecule has 88 valence electrons. The number of nitrogens with one attached hydrogen (secondary N) is 1. The minimum atomic E-state index is -0.168. The number of carbonyl (C=O) groups excluding carboxylic acids is 2. The Kier molecular flexibility index (Phi) is 2.91. The third-order valence-electron chi connectivity index (χ3n) is 2.50. The molecule has 0 aliphatic heterocycles. The molecule has 0 aromatic carbocycles. The maximum absolute atomic E-state index is 11.1. The van der Waals surface area contributed by atoms with Gasteiger partial charge < -0.3 is 5.32 Å². The van der Waals surface area contributed by atoms with Crippen molar-refractivity contribution in [2.24, 2.45) is 0 Å². The van der Waals surface area contributed by atoms with Crippen molar-refractivity contribution in [3.63, 3.8) is 0 Å². The van der Waals surface area contributed by atoms with Crippen LogP contribution in [0, 0.1) is 0 Å². The SMILES string of the molecule is CCc1cc2c(C=O)ccc(NC(C)=O)n2n1. The van der Waals surface area contributed by atoms with Crippen LogP contribution in [0.15, 0.2) is 18.2 Å². The molecule has 2 rings (SSSR count). The summed E-state index contributed by atoms with van der Waals surface area (Å²) in [6, 6.07) is 5.20. The summed E-state index contributed by atoms with van der Waals surface area (Å²) >= 11 is 0. The monoisotopic (exact) mass is 231 g/mol. The molecule has 0 saturated heterocycles. The molecular weight excluding hydrogens is 218 g/mol. The molecule has 2 aromatic rings. The second-order valence-corrected chi connectivity index (χ2v) is 3.76. The Morgan fingerprint density at radius 3 is 2.88 bits per heavy atom. The Labute approximate surface area is 98.4 Å². The molecule has 0 atom stereocenters. The highest BCUT2D eigenvalue weighted by molar-refractivity contribution is 5.91. The number of nitrogens with zero attached hydrogens (tertiary/aromatic N) is 2. The van der Waals surface area contributed by atoms with Crippen LogP contribution in [0.25, 0.3) is 5.52 Å². The first-order valence-electron chi connectivity index (χ1n) is 5.40. The number of amides is 1. The van der Waals surface area contributed by atoms with Gasteiger partial charge in [-0.2, -0.15) is 5.10 Å². The van der Waals surface area contributed by atoms with Gasteiger partial charge in [-0.25, -0.2) is 4.52 Å². The number of hydrogen-bond donors (Lipinski definition) is 1. The van der Waals surface area contributed by atoms with Crippen LogP contribution in [0.4, 0.5) is 5.82 Å². The summed E-state index contributed by atoms with van der Waals surface area (Å²) in [5, 5.41) is 7.02. The average molecular weight is 231 g/mol. The summed E-state index contributed by atoms with van der Waals surface area (Å²) in [5.41, 5.74) is 2.15. The maximum atomic E-state index is 11.1. The lowest BCUT2D eigenvalue weighted by Gasteiger charge is -2.05. The van der Waals surface area contributed by atoms with Gasteiger partial charge in [0.05, 0.1) is 11.2 Å². The Balaban J connectivity index is 2.66. The molecule has 2 aromatic heterocycles. The molecule has 17 heavy (non-hydrogen) atoms. The molecule has 0 bridgehead atoms. The molecular formula is C12H13N3O2. The Morgan fingerprint density at radius 1 is 1.53 bits per heavy atom. The van der Waals surface area contributed by atoms with Crippen LogP contribution in [0.1, 0.15) is 29.9 Å². The van der Waals surface area contributed by atoms with Crippen molar-refractivity contribution in [3.8, 4) is 0 Å². The number of hydrogen-bond acceptors (Lipinski definition) is 3. The van der Waals surface area contributed by atoms with E-state index in [1.807, 2.05) is 13.0 Å². The first kappa shape index (κ1) is 11.3. The van der Waals surface area contributed by atoms with Crippen molar-refractivity contribution in [3.05, 3.63) is 29.5 Å². The van der Waals surface area contributed by atoms with Crippen LogP contribution >= 0.6 is 0 Å². The third kappa shape index (κ3) is 2.04. The molecule has 1 N–H and O–H groups in total. The fourth-order valence-corrected chi connectivity index (χ4v) is 1.69. The average Bonchev–Trinajstić information content (AvgIpc) is 2.73. The Morgan fingerprint density at radius 2 is 2.29 bits per heavy atom. The lowest BCUT2D eigenvalue weighted by molar-refractivity contribution is -0.114. The smallest absolute Gasteiger partial charge is 0.222 e. The number of anilines is 1. The van der Waals surface area contributed by atoms with Crippen LogP contribution in [0.2, 0.25) is 0 Å². The van der Waals surface area contributed by atoms with E-state index in [9.17, 15) is 9.59 Å². The van der Waals surface area contributed by atoms with Crippen LogP contribution in [-0.4, -0.2) is 21.8 Å². The van der Waals surface area contributed by atoms with E-state index in [0.717, 1.165) is 18.4 Å². The molecule has 0 saturated carbocycles. The third-order valence-corrected chi connectivity index (χ3v) is 2.50. The predicted octanol–water partition coefficient (Wildman–Crippen LogP) is 1.67. The first-order chi connectivity index (χ1) is 8.15. The van der Waals surface area contributed by atoms with Crippen LogP contribution < -0.4 is 5.32 Å². The fraction of sp³-hybridized carbons (Fsp3) is 0.250. The second kappa shape index (κ2) is 4.37. The van der Waals surface area contributed by atoms with Crippen molar-refractivity contribution in [2.45, 2.75) is 20.3 Å². The number of fused-ring (bicyclic) bond motifs is 1. The molecule has 2 heterocycles. The van der Waals surface area contributed by atoms with Gasteiger partial charge in [0, 0.05) is 12.5 Å². The zero-order chi connectivity index (χ0) is 12.4. The van der Waals surface area contributed by atoms with Gasteiger partial charge in [-0.3, -0.25) is 9.59 Å². The van der Waals surface area contributed by atoms with Gasteiger partial charge in [0.1, 0.15) is 5.82 Å². The van der Waals surface area contributed by atoms with E-state index in [1.165, 1.54) is 6.92 Å². The van der Waals surface area contributed by atoms with Crippen LogP contribution in [0.3, 0.4) is 0 Å². The van der Waals surface area contributed by atoms with Crippen molar-refractivity contribution in [1.29, 1.82) is 0 Å². The van der Waals surface area contributed by atoms with Gasteiger partial charge in [-0.1, -0.05) is 6.92 Å². The first-order valence-corrected chi connectivity index (χ1v) is 5.40. The van der Waals surface area contributed by atoms with Gasteiger partial charge in [-0.05, 0) is 24.6 Å². The van der Waals surface area contributed by atoms with E-state index in [-0.39, 0.29) is 5.91 Å². The van der Waals surface area contributed by atoms with Gasteiger partial charge in [0.15, 0.2) is 6.29 Å².